The predicted molar refractivity (Wildman–Crippen MR) is 102 cm³/mol. The quantitative estimate of drug-likeness (QED) is 0.345. The fourth-order valence-electron chi connectivity index (χ4n) is 3.09. The van der Waals surface area contributed by atoms with E-state index in [-0.39, 0.29) is 0 Å². The Labute approximate surface area is 148 Å². The van der Waals surface area contributed by atoms with Crippen LogP contribution in [0.1, 0.15) is 51.9 Å². The monoisotopic (exact) mass is 338 g/mol. The van der Waals surface area contributed by atoms with Crippen molar-refractivity contribution >= 4 is 5.96 Å². The summed E-state index contributed by atoms with van der Waals surface area (Å²) in [6.45, 7) is 9.95. The average molecular weight is 339 g/mol. The first kappa shape index (κ1) is 19.5. The second kappa shape index (κ2) is 11.7. The third-order valence-electron chi connectivity index (χ3n) is 5.10. The number of nitrogens with zero attached hydrogens (tertiary/aromatic N) is 2. The van der Waals surface area contributed by atoms with Gasteiger partial charge in [-0.15, -0.1) is 0 Å². The van der Waals surface area contributed by atoms with Crippen LogP contribution in [0.15, 0.2) is 4.99 Å². The molecule has 1 saturated carbocycles. The molecule has 0 spiro atoms. The number of likely N-dealkylation sites (tertiary alicyclic amines) is 1. The molecule has 24 heavy (non-hydrogen) atoms. The maximum absolute atomic E-state index is 5.65. The van der Waals surface area contributed by atoms with E-state index in [0.29, 0.717) is 0 Å². The summed E-state index contributed by atoms with van der Waals surface area (Å²) in [5.74, 6) is 2.71. The van der Waals surface area contributed by atoms with Gasteiger partial charge >= 0.3 is 0 Å². The number of hydrogen-bond acceptors (Lipinski definition) is 3. The van der Waals surface area contributed by atoms with E-state index in [4.69, 9.17) is 4.74 Å². The maximum Gasteiger partial charge on any atom is 0.190 e. The number of aliphatic imine (C=N–C) groups is 1. The molecule has 1 aliphatic heterocycles. The van der Waals surface area contributed by atoms with E-state index in [2.05, 4.69) is 27.4 Å². The zero-order valence-electron chi connectivity index (χ0n) is 15.9. The van der Waals surface area contributed by atoms with Crippen molar-refractivity contribution in [2.24, 2.45) is 16.8 Å². The van der Waals surface area contributed by atoms with Crippen molar-refractivity contribution in [2.75, 3.05) is 53.0 Å². The lowest BCUT2D eigenvalue weighted by molar-refractivity contribution is 0.123. The largest absolute Gasteiger partial charge is 0.381 e. The molecule has 0 aromatic heterocycles. The van der Waals surface area contributed by atoms with Gasteiger partial charge in [-0.3, -0.25) is 4.99 Å². The number of rotatable bonds is 11. The molecule has 1 heterocycles. The lowest BCUT2D eigenvalue weighted by Crippen LogP contribution is -2.39. The van der Waals surface area contributed by atoms with Crippen molar-refractivity contribution in [2.45, 2.75) is 51.9 Å². The molecule has 2 fully saturated rings. The molecule has 2 aliphatic rings. The van der Waals surface area contributed by atoms with Crippen LogP contribution >= 0.6 is 0 Å². The highest BCUT2D eigenvalue weighted by molar-refractivity contribution is 5.79. The van der Waals surface area contributed by atoms with Gasteiger partial charge in [0.15, 0.2) is 5.96 Å². The SMILES string of the molecule is CN=C(NCCCCN1CCC(C)CC1)NCCCOCC1CC1. The molecule has 0 amide bonds. The van der Waals surface area contributed by atoms with Gasteiger partial charge in [0, 0.05) is 33.4 Å². The summed E-state index contributed by atoms with van der Waals surface area (Å²) < 4.78 is 5.65. The molecular weight excluding hydrogens is 300 g/mol. The van der Waals surface area contributed by atoms with Gasteiger partial charge in [0.2, 0.25) is 0 Å². The topological polar surface area (TPSA) is 48.9 Å². The summed E-state index contributed by atoms with van der Waals surface area (Å²) in [7, 11) is 1.84. The summed E-state index contributed by atoms with van der Waals surface area (Å²) >= 11 is 0. The minimum absolute atomic E-state index is 0.856. The second-order valence-corrected chi connectivity index (χ2v) is 7.53. The number of hydrogen-bond donors (Lipinski definition) is 2. The third kappa shape index (κ3) is 8.88. The van der Waals surface area contributed by atoms with Crippen LogP contribution in [0.25, 0.3) is 0 Å². The van der Waals surface area contributed by atoms with Crippen molar-refractivity contribution in [1.82, 2.24) is 15.5 Å². The Bertz CT molecular complexity index is 349. The average Bonchev–Trinajstić information content (AvgIpc) is 3.41. The van der Waals surface area contributed by atoms with Gasteiger partial charge in [-0.05, 0) is 76.4 Å². The van der Waals surface area contributed by atoms with Crippen LogP contribution in [0, 0.1) is 11.8 Å². The standard InChI is InChI=1S/C19H38N4O/c1-17-8-13-23(14-9-17)12-4-3-10-21-19(20-2)22-11-5-15-24-16-18-6-7-18/h17-18H,3-16H2,1-2H3,(H2,20,21,22). The van der Waals surface area contributed by atoms with Crippen molar-refractivity contribution in [3.63, 3.8) is 0 Å². The molecule has 2 N–H and O–H groups in total. The van der Waals surface area contributed by atoms with Crippen LogP contribution in [-0.2, 0) is 4.74 Å². The Morgan fingerprint density at radius 2 is 1.75 bits per heavy atom. The molecule has 0 unspecified atom stereocenters. The zero-order chi connectivity index (χ0) is 17.0. The summed E-state index contributed by atoms with van der Waals surface area (Å²) in [5.41, 5.74) is 0. The van der Waals surface area contributed by atoms with Gasteiger partial charge < -0.3 is 20.3 Å². The Morgan fingerprint density at radius 3 is 2.42 bits per heavy atom. The van der Waals surface area contributed by atoms with E-state index in [1.165, 1.54) is 58.2 Å². The van der Waals surface area contributed by atoms with E-state index < -0.39 is 0 Å². The Kier molecular flexibility index (Phi) is 9.51. The summed E-state index contributed by atoms with van der Waals surface area (Å²) in [6.07, 6.45) is 9.00. The number of ether oxygens (including phenoxy) is 1. The lowest BCUT2D eigenvalue weighted by atomic mass is 9.99. The molecule has 0 aromatic carbocycles. The molecule has 140 valence electrons. The first-order valence-corrected chi connectivity index (χ1v) is 10.0. The van der Waals surface area contributed by atoms with Gasteiger partial charge in [0.25, 0.3) is 0 Å². The van der Waals surface area contributed by atoms with Gasteiger partial charge in [-0.2, -0.15) is 0 Å². The highest BCUT2D eigenvalue weighted by Gasteiger charge is 2.20. The van der Waals surface area contributed by atoms with Crippen molar-refractivity contribution < 1.29 is 4.74 Å². The fraction of sp³-hybridized carbons (Fsp3) is 0.947. The van der Waals surface area contributed by atoms with Gasteiger partial charge in [-0.25, -0.2) is 0 Å². The molecule has 0 atom stereocenters. The first-order chi connectivity index (χ1) is 11.8. The molecular formula is C19H38N4O. The predicted octanol–water partition coefficient (Wildman–Crippen LogP) is 2.48. The van der Waals surface area contributed by atoms with Crippen LogP contribution in [0.2, 0.25) is 0 Å². The number of unbranched alkanes of at least 4 members (excludes halogenated alkanes) is 1. The van der Waals surface area contributed by atoms with Gasteiger partial charge in [-0.1, -0.05) is 6.92 Å². The Morgan fingerprint density at radius 1 is 1.04 bits per heavy atom. The van der Waals surface area contributed by atoms with E-state index in [1.807, 2.05) is 7.05 Å². The number of piperidine rings is 1. The normalized spacial score (nSPS) is 20.3. The van der Waals surface area contributed by atoms with Crippen molar-refractivity contribution in [1.29, 1.82) is 0 Å². The summed E-state index contributed by atoms with van der Waals surface area (Å²) in [6, 6.07) is 0. The highest BCUT2D eigenvalue weighted by atomic mass is 16.5. The van der Waals surface area contributed by atoms with E-state index in [0.717, 1.165) is 50.5 Å². The zero-order valence-corrected chi connectivity index (χ0v) is 15.9. The molecule has 0 radical (unpaired) electrons. The Hall–Kier alpha value is -0.810. The van der Waals surface area contributed by atoms with E-state index in [9.17, 15) is 0 Å². The third-order valence-corrected chi connectivity index (χ3v) is 5.10. The maximum atomic E-state index is 5.65. The van der Waals surface area contributed by atoms with Crippen LogP contribution in [0.3, 0.4) is 0 Å². The highest BCUT2D eigenvalue weighted by Crippen LogP contribution is 2.28. The smallest absolute Gasteiger partial charge is 0.190 e. The summed E-state index contributed by atoms with van der Waals surface area (Å²) in [4.78, 5) is 6.90. The lowest BCUT2D eigenvalue weighted by Gasteiger charge is -2.30. The second-order valence-electron chi connectivity index (χ2n) is 7.53. The van der Waals surface area contributed by atoms with E-state index >= 15 is 0 Å². The van der Waals surface area contributed by atoms with Crippen LogP contribution in [0.4, 0.5) is 0 Å². The Balaban J connectivity index is 1.38. The molecule has 0 bridgehead atoms. The first-order valence-electron chi connectivity index (χ1n) is 10.0. The molecule has 1 saturated heterocycles. The van der Waals surface area contributed by atoms with Gasteiger partial charge in [0.1, 0.15) is 0 Å². The van der Waals surface area contributed by atoms with E-state index in [1.54, 1.807) is 0 Å². The molecule has 5 heteroatoms. The van der Waals surface area contributed by atoms with Crippen LogP contribution in [0.5, 0.6) is 0 Å². The minimum Gasteiger partial charge on any atom is -0.381 e. The fourth-order valence-corrected chi connectivity index (χ4v) is 3.09. The molecule has 0 aromatic rings. The number of guanidine groups is 1. The van der Waals surface area contributed by atoms with Gasteiger partial charge in [0.05, 0.1) is 0 Å². The van der Waals surface area contributed by atoms with Crippen molar-refractivity contribution in [3.8, 4) is 0 Å². The summed E-state index contributed by atoms with van der Waals surface area (Å²) in [5, 5.41) is 6.78. The van der Waals surface area contributed by atoms with Crippen LogP contribution in [-0.4, -0.2) is 63.8 Å². The molecule has 2 rings (SSSR count). The molecule has 5 nitrogen and oxygen atoms in total. The van der Waals surface area contributed by atoms with Crippen LogP contribution < -0.4 is 10.6 Å². The minimum atomic E-state index is 0.856. The molecule has 1 aliphatic carbocycles. The van der Waals surface area contributed by atoms with Crippen molar-refractivity contribution in [3.05, 3.63) is 0 Å². The number of nitrogens with one attached hydrogen (secondary N) is 2.